The Morgan fingerprint density at radius 3 is 2.31 bits per heavy atom. The molecule has 0 aliphatic carbocycles. The Hall–Kier alpha value is -4.91. The number of carbonyl (C=O) groups excluding carboxylic acids is 2. The number of rotatable bonds is 9. The third kappa shape index (κ3) is 5.81. The fourth-order valence-electron chi connectivity index (χ4n) is 7.89. The first kappa shape index (κ1) is 34.5. The minimum absolute atomic E-state index is 0.00287. The van der Waals surface area contributed by atoms with Crippen LogP contribution in [0.4, 0.5) is 10.5 Å². The van der Waals surface area contributed by atoms with Gasteiger partial charge in [-0.05, 0) is 81.2 Å². The summed E-state index contributed by atoms with van der Waals surface area (Å²) in [6.07, 6.45) is 6.20. The number of methoxy groups -OCH3 is 3. The number of ether oxygens (including phenoxy) is 3. The SMILES string of the molecule is COc1ccc(S(=O)(=O)N2C(=O)[C@@](NC(=O)N3CC(N4CCC(N5CCCC5)CC4)C3)(c3cccnc3OC)c3cc(C#N)ccc32)c(OC)c1. The summed E-state index contributed by atoms with van der Waals surface area (Å²) in [5, 5.41) is 12.8. The van der Waals surface area contributed by atoms with E-state index in [2.05, 4.69) is 26.2 Å². The first-order valence-corrected chi connectivity index (χ1v) is 18.5. The first-order valence-electron chi connectivity index (χ1n) is 17.1. The van der Waals surface area contributed by atoms with Crippen LogP contribution in [0.2, 0.25) is 0 Å². The van der Waals surface area contributed by atoms with Crippen LogP contribution in [0, 0.1) is 11.3 Å². The zero-order chi connectivity index (χ0) is 35.9. The molecule has 0 spiro atoms. The van der Waals surface area contributed by atoms with E-state index in [1.165, 1.54) is 89.9 Å². The Bertz CT molecular complexity index is 1980. The van der Waals surface area contributed by atoms with Gasteiger partial charge in [0.2, 0.25) is 5.88 Å². The number of carbonyl (C=O) groups is 2. The zero-order valence-electron chi connectivity index (χ0n) is 28.9. The summed E-state index contributed by atoms with van der Waals surface area (Å²) >= 11 is 0. The largest absolute Gasteiger partial charge is 0.497 e. The first-order chi connectivity index (χ1) is 24.7. The van der Waals surface area contributed by atoms with E-state index in [-0.39, 0.29) is 44.9 Å². The average Bonchev–Trinajstić information content (AvgIpc) is 3.76. The number of nitrogens with zero attached hydrogens (tertiary/aromatic N) is 6. The van der Waals surface area contributed by atoms with Gasteiger partial charge in [-0.1, -0.05) is 0 Å². The number of hydrogen-bond acceptors (Lipinski definition) is 11. The van der Waals surface area contributed by atoms with Crippen molar-refractivity contribution in [3.8, 4) is 23.4 Å². The fourth-order valence-corrected chi connectivity index (χ4v) is 9.49. The van der Waals surface area contributed by atoms with E-state index in [0.29, 0.717) is 29.2 Å². The van der Waals surface area contributed by atoms with E-state index in [1.54, 1.807) is 17.0 Å². The van der Waals surface area contributed by atoms with Crippen LogP contribution < -0.4 is 23.8 Å². The predicted molar refractivity (Wildman–Crippen MR) is 186 cm³/mol. The molecule has 4 aliphatic rings. The molecule has 3 fully saturated rings. The van der Waals surface area contributed by atoms with Crippen LogP contribution in [0.15, 0.2) is 59.6 Å². The topological polar surface area (TPSA) is 158 Å². The average molecular weight is 716 g/mol. The van der Waals surface area contributed by atoms with E-state index in [4.69, 9.17) is 14.2 Å². The molecule has 14 nitrogen and oxygen atoms in total. The van der Waals surface area contributed by atoms with Gasteiger partial charge in [-0.25, -0.2) is 18.2 Å². The lowest BCUT2D eigenvalue weighted by Gasteiger charge is -2.49. The van der Waals surface area contributed by atoms with Crippen molar-refractivity contribution < 1.29 is 32.2 Å². The van der Waals surface area contributed by atoms with E-state index < -0.39 is 27.5 Å². The molecule has 51 heavy (non-hydrogen) atoms. The van der Waals surface area contributed by atoms with Gasteiger partial charge in [0.15, 0.2) is 5.54 Å². The normalized spacial score (nSPS) is 21.6. The van der Waals surface area contributed by atoms with Crippen molar-refractivity contribution in [2.45, 2.75) is 48.2 Å². The molecule has 0 radical (unpaired) electrons. The summed E-state index contributed by atoms with van der Waals surface area (Å²) in [5.74, 6) is -0.689. The highest BCUT2D eigenvalue weighted by Gasteiger charge is 2.59. The molecule has 1 aromatic heterocycles. The lowest BCUT2D eigenvalue weighted by atomic mass is 9.83. The van der Waals surface area contributed by atoms with Gasteiger partial charge in [-0.3, -0.25) is 9.69 Å². The molecule has 3 amide bonds. The Labute approximate surface area is 297 Å². The smallest absolute Gasteiger partial charge is 0.318 e. The number of nitrogens with one attached hydrogen (secondary N) is 1. The summed E-state index contributed by atoms with van der Waals surface area (Å²) in [6.45, 7) is 5.17. The van der Waals surface area contributed by atoms with Gasteiger partial charge in [0.25, 0.3) is 15.9 Å². The van der Waals surface area contributed by atoms with Crippen LogP contribution in [0.5, 0.6) is 17.4 Å². The van der Waals surface area contributed by atoms with Crippen molar-refractivity contribution in [1.82, 2.24) is 25.0 Å². The Morgan fingerprint density at radius 1 is 0.922 bits per heavy atom. The number of piperidine rings is 1. The van der Waals surface area contributed by atoms with E-state index in [0.717, 1.165) is 25.9 Å². The molecule has 3 saturated heterocycles. The Balaban J connectivity index is 1.24. The van der Waals surface area contributed by atoms with Gasteiger partial charge in [-0.15, -0.1) is 0 Å². The molecular formula is C36H41N7O7S. The molecule has 0 bridgehead atoms. The molecule has 0 saturated carbocycles. The third-order valence-electron chi connectivity index (χ3n) is 10.6. The standard InChI is InChI=1S/C36H41N7O7S/c1-48-27-9-11-32(31(20-27)49-2)51(46,47)43-30-10-8-24(21-37)19-29(30)36(34(43)44,28-7-6-14-38-33(28)50-3)39-35(45)42-22-26(23-42)41-17-12-25(13-18-41)40-15-4-5-16-40/h6-11,14,19-20,25-26H,4-5,12-13,15-18,22-23H2,1-3H3,(H,39,45)/t36-/m1/s1. The maximum Gasteiger partial charge on any atom is 0.318 e. The highest BCUT2D eigenvalue weighted by atomic mass is 32.2. The van der Waals surface area contributed by atoms with E-state index in [9.17, 15) is 18.5 Å². The van der Waals surface area contributed by atoms with Gasteiger partial charge >= 0.3 is 6.03 Å². The molecule has 1 N–H and O–H groups in total. The predicted octanol–water partition coefficient (Wildman–Crippen LogP) is 2.91. The number of likely N-dealkylation sites (tertiary alicyclic amines) is 3. The molecule has 2 aromatic carbocycles. The van der Waals surface area contributed by atoms with Crippen LogP contribution in [0.1, 0.15) is 42.4 Å². The minimum Gasteiger partial charge on any atom is -0.497 e. The quantitative estimate of drug-likeness (QED) is 0.348. The Morgan fingerprint density at radius 2 is 1.65 bits per heavy atom. The number of pyridine rings is 1. The molecule has 4 aliphatic heterocycles. The van der Waals surface area contributed by atoms with Crippen LogP contribution in [0.25, 0.3) is 0 Å². The van der Waals surface area contributed by atoms with Crippen molar-refractivity contribution in [1.29, 1.82) is 5.26 Å². The van der Waals surface area contributed by atoms with Crippen molar-refractivity contribution in [3.05, 3.63) is 71.4 Å². The summed E-state index contributed by atoms with van der Waals surface area (Å²) in [5.41, 5.74) is -1.81. The highest BCUT2D eigenvalue weighted by molar-refractivity contribution is 7.93. The summed E-state index contributed by atoms with van der Waals surface area (Å²) < 4.78 is 46.1. The maximum atomic E-state index is 15.1. The maximum absolute atomic E-state index is 15.1. The molecule has 7 rings (SSSR count). The van der Waals surface area contributed by atoms with Crippen LogP contribution in [-0.4, -0.2) is 113 Å². The molecule has 268 valence electrons. The van der Waals surface area contributed by atoms with E-state index >= 15 is 4.79 Å². The number of benzene rings is 2. The van der Waals surface area contributed by atoms with Gasteiger partial charge in [-0.2, -0.15) is 9.57 Å². The lowest BCUT2D eigenvalue weighted by Crippen LogP contribution is -2.67. The number of amides is 3. The molecule has 15 heteroatoms. The number of nitriles is 1. The summed E-state index contributed by atoms with van der Waals surface area (Å²) in [7, 11) is -0.563. The number of aromatic nitrogens is 1. The second kappa shape index (κ2) is 13.7. The van der Waals surface area contributed by atoms with Crippen molar-refractivity contribution in [2.24, 2.45) is 0 Å². The number of anilines is 1. The van der Waals surface area contributed by atoms with Crippen LogP contribution in [0.3, 0.4) is 0 Å². The molecule has 0 unspecified atom stereocenters. The zero-order valence-corrected chi connectivity index (χ0v) is 29.7. The van der Waals surface area contributed by atoms with E-state index in [1.807, 2.05) is 0 Å². The van der Waals surface area contributed by atoms with Gasteiger partial charge in [0.1, 0.15) is 16.4 Å². The van der Waals surface area contributed by atoms with Crippen molar-refractivity contribution in [2.75, 3.05) is 64.9 Å². The highest BCUT2D eigenvalue weighted by Crippen LogP contribution is 2.50. The second-order valence-electron chi connectivity index (χ2n) is 13.2. The van der Waals surface area contributed by atoms with Crippen LogP contribution in [-0.2, 0) is 20.4 Å². The lowest BCUT2D eigenvalue weighted by molar-refractivity contribution is -0.121. The monoisotopic (exact) mass is 715 g/mol. The molecule has 1 atom stereocenters. The molecular weight excluding hydrogens is 675 g/mol. The summed E-state index contributed by atoms with van der Waals surface area (Å²) in [6, 6.07) is 13.8. The third-order valence-corrected chi connectivity index (χ3v) is 12.4. The van der Waals surface area contributed by atoms with Gasteiger partial charge in [0, 0.05) is 56.1 Å². The number of hydrogen-bond donors (Lipinski definition) is 1. The minimum atomic E-state index is -4.68. The summed E-state index contributed by atoms with van der Waals surface area (Å²) in [4.78, 5) is 40.0. The molecule has 5 heterocycles. The fraction of sp³-hybridized carbons (Fsp3) is 0.444. The molecule has 3 aromatic rings. The number of fused-ring (bicyclic) bond motifs is 1. The van der Waals surface area contributed by atoms with Crippen molar-refractivity contribution >= 4 is 27.6 Å². The number of urea groups is 1. The van der Waals surface area contributed by atoms with Crippen molar-refractivity contribution in [3.63, 3.8) is 0 Å². The second-order valence-corrected chi connectivity index (χ2v) is 15.0. The number of sulfonamides is 1. The van der Waals surface area contributed by atoms with Gasteiger partial charge < -0.3 is 29.3 Å². The van der Waals surface area contributed by atoms with Crippen LogP contribution >= 0.6 is 0 Å². The Kier molecular flexibility index (Phi) is 9.25. The van der Waals surface area contributed by atoms with Gasteiger partial charge in [0.05, 0.1) is 44.2 Å².